The topological polar surface area (TPSA) is 33.3 Å². The molecule has 2 N–H and O–H groups in total. The summed E-state index contributed by atoms with van der Waals surface area (Å²) >= 11 is 4.99. The fourth-order valence-corrected chi connectivity index (χ4v) is 1.27. The number of ether oxygens (including phenoxy) is 1. The first-order valence-electron chi connectivity index (χ1n) is 4.30. The average Bonchev–Trinajstić information content (AvgIpc) is 2.18. The Morgan fingerprint density at radius 2 is 2.14 bits per heavy atom. The molecule has 4 heteroatoms. The zero-order valence-electron chi connectivity index (χ0n) is 8.55. The number of methoxy groups -OCH3 is 1. The van der Waals surface area contributed by atoms with Crippen molar-refractivity contribution in [3.8, 4) is 5.75 Å². The summed E-state index contributed by atoms with van der Waals surface area (Å²) < 4.78 is 5.16. The second-order valence-corrected chi connectivity index (χ2v) is 3.30. The summed E-state index contributed by atoms with van der Waals surface area (Å²) in [4.78, 5) is 0. The summed E-state index contributed by atoms with van der Waals surface area (Å²) in [6.45, 7) is 1.99. The summed E-state index contributed by atoms with van der Waals surface area (Å²) in [6, 6.07) is 5.83. The predicted octanol–water partition coefficient (Wildman–Crippen LogP) is 1.92. The monoisotopic (exact) mass is 210 g/mol. The van der Waals surface area contributed by atoms with Gasteiger partial charge >= 0.3 is 0 Å². The van der Waals surface area contributed by atoms with Crippen molar-refractivity contribution in [1.82, 2.24) is 5.32 Å². The van der Waals surface area contributed by atoms with Gasteiger partial charge in [0.2, 0.25) is 0 Å². The van der Waals surface area contributed by atoms with Crippen molar-refractivity contribution in [3.05, 3.63) is 23.8 Å². The Kier molecular flexibility index (Phi) is 3.71. The maximum Gasteiger partial charge on any atom is 0.170 e. The molecule has 0 bridgehead atoms. The lowest BCUT2D eigenvalue weighted by Gasteiger charge is -2.09. The Morgan fingerprint density at radius 1 is 1.43 bits per heavy atom. The van der Waals surface area contributed by atoms with Crippen LogP contribution >= 0.6 is 12.2 Å². The third kappa shape index (κ3) is 2.60. The number of aryl methyl sites for hydroxylation is 1. The molecule has 1 aromatic carbocycles. The molecule has 0 radical (unpaired) electrons. The van der Waals surface area contributed by atoms with Crippen LogP contribution in [0.25, 0.3) is 0 Å². The number of rotatable bonds is 2. The molecule has 0 saturated carbocycles. The number of hydrogen-bond donors (Lipinski definition) is 2. The fraction of sp³-hybridized carbons (Fsp3) is 0.300. The van der Waals surface area contributed by atoms with E-state index in [1.807, 2.05) is 25.1 Å². The normalized spacial score (nSPS) is 9.36. The van der Waals surface area contributed by atoms with Gasteiger partial charge in [-0.2, -0.15) is 0 Å². The molecule has 14 heavy (non-hydrogen) atoms. The highest BCUT2D eigenvalue weighted by atomic mass is 32.1. The van der Waals surface area contributed by atoms with Gasteiger partial charge in [0, 0.05) is 12.7 Å². The van der Waals surface area contributed by atoms with Crippen LogP contribution < -0.4 is 15.4 Å². The van der Waals surface area contributed by atoms with Crippen LogP contribution in [0.3, 0.4) is 0 Å². The second-order valence-electron chi connectivity index (χ2n) is 2.89. The molecule has 0 fully saturated rings. The van der Waals surface area contributed by atoms with Crippen LogP contribution in [0.5, 0.6) is 5.75 Å². The Hall–Kier alpha value is -1.29. The molecule has 0 aliphatic heterocycles. The number of anilines is 1. The Morgan fingerprint density at radius 3 is 2.64 bits per heavy atom. The van der Waals surface area contributed by atoms with Gasteiger partial charge in [-0.15, -0.1) is 0 Å². The Balaban J connectivity index is 2.81. The van der Waals surface area contributed by atoms with Gasteiger partial charge in [0.05, 0.1) is 7.11 Å². The zero-order valence-corrected chi connectivity index (χ0v) is 9.37. The quantitative estimate of drug-likeness (QED) is 0.731. The number of hydrogen-bond acceptors (Lipinski definition) is 2. The minimum atomic E-state index is 0.606. The van der Waals surface area contributed by atoms with Crippen molar-refractivity contribution < 1.29 is 4.74 Å². The van der Waals surface area contributed by atoms with Crippen molar-refractivity contribution in [2.45, 2.75) is 6.92 Å². The van der Waals surface area contributed by atoms with E-state index in [1.54, 1.807) is 14.2 Å². The molecule has 0 atom stereocenters. The van der Waals surface area contributed by atoms with Crippen LogP contribution in [0.4, 0.5) is 5.69 Å². The first-order valence-corrected chi connectivity index (χ1v) is 4.71. The van der Waals surface area contributed by atoms with Gasteiger partial charge in [-0.1, -0.05) is 0 Å². The van der Waals surface area contributed by atoms with Gasteiger partial charge < -0.3 is 15.4 Å². The van der Waals surface area contributed by atoms with Crippen molar-refractivity contribution in [2.24, 2.45) is 0 Å². The molecular formula is C10H14N2OS. The van der Waals surface area contributed by atoms with Gasteiger partial charge in [0.15, 0.2) is 5.11 Å². The third-order valence-electron chi connectivity index (χ3n) is 1.88. The molecule has 0 spiro atoms. The highest BCUT2D eigenvalue weighted by Gasteiger charge is 2.00. The third-order valence-corrected chi connectivity index (χ3v) is 2.19. The van der Waals surface area contributed by atoms with Crippen molar-refractivity contribution in [3.63, 3.8) is 0 Å². The van der Waals surface area contributed by atoms with Crippen molar-refractivity contribution in [1.29, 1.82) is 0 Å². The minimum Gasteiger partial charge on any atom is -0.496 e. The van der Waals surface area contributed by atoms with E-state index >= 15 is 0 Å². The lowest BCUT2D eigenvalue weighted by Crippen LogP contribution is -2.24. The summed E-state index contributed by atoms with van der Waals surface area (Å²) in [5.74, 6) is 0.880. The molecule has 1 aromatic rings. The second kappa shape index (κ2) is 4.81. The molecule has 0 aliphatic rings. The molecule has 0 aliphatic carbocycles. The van der Waals surface area contributed by atoms with E-state index in [0.717, 1.165) is 17.0 Å². The van der Waals surface area contributed by atoms with E-state index < -0.39 is 0 Å². The van der Waals surface area contributed by atoms with Crippen molar-refractivity contribution >= 4 is 23.0 Å². The smallest absolute Gasteiger partial charge is 0.170 e. The average molecular weight is 210 g/mol. The molecule has 0 saturated heterocycles. The maximum absolute atomic E-state index is 5.16. The zero-order chi connectivity index (χ0) is 10.6. The number of thiocarbonyl (C=S) groups is 1. The molecule has 0 aromatic heterocycles. The van der Waals surface area contributed by atoms with Gasteiger partial charge in [-0.3, -0.25) is 0 Å². The van der Waals surface area contributed by atoms with Gasteiger partial charge in [0.25, 0.3) is 0 Å². The molecule has 0 heterocycles. The first-order chi connectivity index (χ1) is 6.67. The van der Waals surface area contributed by atoms with Crippen LogP contribution in [0.2, 0.25) is 0 Å². The van der Waals surface area contributed by atoms with Crippen LogP contribution in [0.1, 0.15) is 5.56 Å². The van der Waals surface area contributed by atoms with Crippen LogP contribution in [-0.2, 0) is 0 Å². The van der Waals surface area contributed by atoms with Crippen LogP contribution in [0, 0.1) is 6.92 Å². The highest BCUT2D eigenvalue weighted by Crippen LogP contribution is 2.21. The summed E-state index contributed by atoms with van der Waals surface area (Å²) in [7, 11) is 3.44. The van der Waals surface area contributed by atoms with E-state index in [4.69, 9.17) is 17.0 Å². The van der Waals surface area contributed by atoms with Crippen LogP contribution in [-0.4, -0.2) is 19.3 Å². The SMILES string of the molecule is CNC(=S)Nc1ccc(OC)c(C)c1. The number of nitrogens with one attached hydrogen (secondary N) is 2. The van der Waals surface area contributed by atoms with E-state index in [0.29, 0.717) is 5.11 Å². The summed E-state index contributed by atoms with van der Waals surface area (Å²) in [5, 5.41) is 6.51. The van der Waals surface area contributed by atoms with E-state index in [2.05, 4.69) is 10.6 Å². The molecule has 76 valence electrons. The lowest BCUT2D eigenvalue weighted by molar-refractivity contribution is 0.412. The summed E-state index contributed by atoms with van der Waals surface area (Å²) in [5.41, 5.74) is 2.04. The minimum absolute atomic E-state index is 0.606. The van der Waals surface area contributed by atoms with Crippen LogP contribution in [0.15, 0.2) is 18.2 Å². The lowest BCUT2D eigenvalue weighted by atomic mass is 10.2. The molecule has 1 rings (SSSR count). The highest BCUT2D eigenvalue weighted by molar-refractivity contribution is 7.80. The maximum atomic E-state index is 5.16. The predicted molar refractivity (Wildman–Crippen MR) is 63.0 cm³/mol. The van der Waals surface area contributed by atoms with Gasteiger partial charge in [-0.25, -0.2) is 0 Å². The standard InChI is InChI=1S/C10H14N2OS/c1-7-6-8(12-10(14)11-2)4-5-9(7)13-3/h4-6H,1-3H3,(H2,11,12,14). The van der Waals surface area contributed by atoms with E-state index in [1.165, 1.54) is 0 Å². The molecular weight excluding hydrogens is 196 g/mol. The Bertz CT molecular complexity index is 339. The van der Waals surface area contributed by atoms with Crippen molar-refractivity contribution in [2.75, 3.05) is 19.5 Å². The fourth-order valence-electron chi connectivity index (χ4n) is 1.15. The van der Waals surface area contributed by atoms with E-state index in [-0.39, 0.29) is 0 Å². The molecule has 3 nitrogen and oxygen atoms in total. The molecule has 0 amide bonds. The number of benzene rings is 1. The van der Waals surface area contributed by atoms with Gasteiger partial charge in [-0.05, 0) is 42.9 Å². The molecule has 0 unspecified atom stereocenters. The Labute approximate surface area is 89.5 Å². The first kappa shape index (κ1) is 10.8. The van der Waals surface area contributed by atoms with E-state index in [9.17, 15) is 0 Å². The largest absolute Gasteiger partial charge is 0.496 e. The van der Waals surface area contributed by atoms with Gasteiger partial charge in [0.1, 0.15) is 5.75 Å². The summed E-state index contributed by atoms with van der Waals surface area (Å²) in [6.07, 6.45) is 0.